The number of hydrogen-bond donors (Lipinski definition) is 3. The quantitative estimate of drug-likeness (QED) is 0.569. The molecule has 1 aromatic rings. The fourth-order valence-corrected chi connectivity index (χ4v) is 3.47. The molecule has 0 aromatic heterocycles. The lowest BCUT2D eigenvalue weighted by molar-refractivity contribution is 0.313. The van der Waals surface area contributed by atoms with E-state index in [2.05, 4.69) is 75.1 Å². The number of allylic oxidation sites excluding steroid dienone is 2. The minimum Gasteiger partial charge on any atom is -0.331 e. The Balaban J connectivity index is 1.95. The van der Waals surface area contributed by atoms with E-state index in [-0.39, 0.29) is 5.41 Å². The molecule has 1 aromatic carbocycles. The Kier molecular flexibility index (Phi) is 5.12. The van der Waals surface area contributed by atoms with Crippen LogP contribution in [0.4, 0.5) is 5.69 Å². The maximum absolute atomic E-state index is 5.40. The summed E-state index contributed by atoms with van der Waals surface area (Å²) in [5.74, 6) is 0.685. The van der Waals surface area contributed by atoms with Crippen LogP contribution in [0.1, 0.15) is 44.7 Å². The summed E-state index contributed by atoms with van der Waals surface area (Å²) in [4.78, 5) is 0. The lowest BCUT2D eigenvalue weighted by Crippen LogP contribution is -2.41. The van der Waals surface area contributed by atoms with Crippen LogP contribution < -0.4 is 16.2 Å². The van der Waals surface area contributed by atoms with E-state index >= 15 is 0 Å². The molecule has 0 unspecified atom stereocenters. The largest absolute Gasteiger partial charge is 0.331 e. The van der Waals surface area contributed by atoms with E-state index < -0.39 is 0 Å². The Labute approximate surface area is 139 Å². The van der Waals surface area contributed by atoms with Gasteiger partial charge in [-0.2, -0.15) is 0 Å². The van der Waals surface area contributed by atoms with Crippen molar-refractivity contribution in [2.24, 2.45) is 11.3 Å². The average molecular weight is 318 g/mol. The van der Waals surface area contributed by atoms with Crippen LogP contribution in [-0.4, -0.2) is 5.11 Å². The molecule has 120 valence electrons. The number of aryl methyl sites for hydroxylation is 2. The first-order valence-electron chi connectivity index (χ1n) is 7.88. The van der Waals surface area contributed by atoms with Gasteiger partial charge in [-0.15, -0.1) is 0 Å². The fourth-order valence-electron chi connectivity index (χ4n) is 3.32. The van der Waals surface area contributed by atoms with Crippen molar-refractivity contribution in [1.82, 2.24) is 10.9 Å². The van der Waals surface area contributed by atoms with Crippen molar-refractivity contribution in [3.63, 3.8) is 0 Å². The molecule has 0 aliphatic heterocycles. The van der Waals surface area contributed by atoms with Crippen LogP contribution in [-0.2, 0) is 0 Å². The van der Waals surface area contributed by atoms with Crippen LogP contribution in [0.15, 0.2) is 30.0 Å². The van der Waals surface area contributed by atoms with Gasteiger partial charge < -0.3 is 10.7 Å². The lowest BCUT2D eigenvalue weighted by atomic mass is 9.76. The van der Waals surface area contributed by atoms with Crippen LogP contribution in [0.2, 0.25) is 0 Å². The highest BCUT2D eigenvalue weighted by Gasteiger charge is 2.25. The Morgan fingerprint density at radius 2 is 1.86 bits per heavy atom. The highest BCUT2D eigenvalue weighted by atomic mass is 32.1. The van der Waals surface area contributed by atoms with Gasteiger partial charge in [0.1, 0.15) is 0 Å². The first-order chi connectivity index (χ1) is 10.3. The molecule has 2 rings (SSSR count). The summed E-state index contributed by atoms with van der Waals surface area (Å²) in [6.45, 7) is 11.0. The van der Waals surface area contributed by atoms with Crippen LogP contribution in [0.25, 0.3) is 0 Å². The zero-order valence-corrected chi connectivity index (χ0v) is 15.0. The summed E-state index contributed by atoms with van der Waals surface area (Å²) in [7, 11) is 0. The number of hydrogen-bond acceptors (Lipinski definition) is 2. The molecule has 0 bridgehead atoms. The van der Waals surface area contributed by atoms with Crippen LogP contribution in [0.3, 0.4) is 0 Å². The second kappa shape index (κ2) is 6.69. The van der Waals surface area contributed by atoms with Crippen molar-refractivity contribution >= 4 is 23.0 Å². The maximum Gasteiger partial charge on any atom is 0.189 e. The van der Waals surface area contributed by atoms with Gasteiger partial charge in [-0.25, -0.2) is 0 Å². The van der Waals surface area contributed by atoms with Gasteiger partial charge in [0, 0.05) is 11.4 Å². The van der Waals surface area contributed by atoms with Gasteiger partial charge in [0.05, 0.1) is 0 Å². The summed E-state index contributed by atoms with van der Waals surface area (Å²) >= 11 is 5.40. The Morgan fingerprint density at radius 3 is 2.45 bits per heavy atom. The van der Waals surface area contributed by atoms with Crippen molar-refractivity contribution in [2.45, 2.75) is 47.5 Å². The molecular formula is C18H27N3S. The third-order valence-electron chi connectivity index (χ3n) is 4.06. The SMILES string of the molecule is Cc1cccc(C)c1NC(=S)NNC1=CC(C)(C)C[C@H](C)C1. The van der Waals surface area contributed by atoms with Gasteiger partial charge in [0.15, 0.2) is 5.11 Å². The van der Waals surface area contributed by atoms with E-state index in [1.165, 1.54) is 23.2 Å². The number of anilines is 1. The molecule has 3 nitrogen and oxygen atoms in total. The smallest absolute Gasteiger partial charge is 0.189 e. The Morgan fingerprint density at radius 1 is 1.23 bits per heavy atom. The van der Waals surface area contributed by atoms with Gasteiger partial charge >= 0.3 is 0 Å². The van der Waals surface area contributed by atoms with Gasteiger partial charge in [-0.3, -0.25) is 5.43 Å². The van der Waals surface area contributed by atoms with Gasteiger partial charge in [-0.1, -0.05) is 45.0 Å². The van der Waals surface area contributed by atoms with E-state index in [9.17, 15) is 0 Å². The monoisotopic (exact) mass is 317 g/mol. The lowest BCUT2D eigenvalue weighted by Gasteiger charge is -2.32. The fraction of sp³-hybridized carbons (Fsp3) is 0.500. The van der Waals surface area contributed by atoms with Gasteiger partial charge in [-0.05, 0) is 61.4 Å². The van der Waals surface area contributed by atoms with Crippen LogP contribution in [0.5, 0.6) is 0 Å². The van der Waals surface area contributed by atoms with Crippen molar-refractivity contribution < 1.29 is 0 Å². The molecule has 1 aliphatic carbocycles. The van der Waals surface area contributed by atoms with Crippen molar-refractivity contribution in [3.05, 3.63) is 41.1 Å². The van der Waals surface area contributed by atoms with Crippen molar-refractivity contribution in [2.75, 3.05) is 5.32 Å². The van der Waals surface area contributed by atoms with Gasteiger partial charge in [0.2, 0.25) is 0 Å². The van der Waals surface area contributed by atoms with Crippen LogP contribution in [0, 0.1) is 25.2 Å². The van der Waals surface area contributed by atoms with Gasteiger partial charge in [0.25, 0.3) is 0 Å². The molecular weight excluding hydrogens is 290 g/mol. The molecule has 3 N–H and O–H groups in total. The summed E-state index contributed by atoms with van der Waals surface area (Å²) in [6.07, 6.45) is 4.59. The van der Waals surface area contributed by atoms with E-state index in [1.807, 2.05) is 0 Å². The molecule has 1 atom stereocenters. The molecule has 0 heterocycles. The zero-order valence-electron chi connectivity index (χ0n) is 14.2. The highest BCUT2D eigenvalue weighted by molar-refractivity contribution is 7.80. The molecule has 0 spiro atoms. The number of nitrogens with one attached hydrogen (secondary N) is 3. The Hall–Kier alpha value is -1.55. The van der Waals surface area contributed by atoms with Crippen molar-refractivity contribution in [3.8, 4) is 0 Å². The Bertz CT molecular complexity index is 570. The summed E-state index contributed by atoms with van der Waals surface area (Å²) in [5.41, 5.74) is 11.3. The van der Waals surface area contributed by atoms with Crippen LogP contribution >= 0.6 is 12.2 Å². The normalized spacial score (nSPS) is 20.0. The van der Waals surface area contributed by atoms with E-state index in [1.54, 1.807) is 0 Å². The summed E-state index contributed by atoms with van der Waals surface area (Å²) in [5, 5.41) is 3.87. The topological polar surface area (TPSA) is 36.1 Å². The minimum absolute atomic E-state index is 0.239. The zero-order chi connectivity index (χ0) is 16.3. The molecule has 0 saturated carbocycles. The first-order valence-corrected chi connectivity index (χ1v) is 8.28. The first kappa shape index (κ1) is 16.8. The van der Waals surface area contributed by atoms with E-state index in [0.717, 1.165) is 12.1 Å². The minimum atomic E-state index is 0.239. The predicted octanol–water partition coefficient (Wildman–Crippen LogP) is 4.43. The molecule has 1 aliphatic rings. The third kappa shape index (κ3) is 4.47. The van der Waals surface area contributed by atoms with E-state index in [4.69, 9.17) is 12.2 Å². The molecule has 22 heavy (non-hydrogen) atoms. The molecule has 0 radical (unpaired) electrons. The second-order valence-electron chi connectivity index (χ2n) is 7.14. The molecule has 0 saturated heterocycles. The number of hydrazine groups is 1. The number of thiocarbonyl (C=S) groups is 1. The molecule has 4 heteroatoms. The highest BCUT2D eigenvalue weighted by Crippen LogP contribution is 2.35. The summed E-state index contributed by atoms with van der Waals surface area (Å²) < 4.78 is 0. The third-order valence-corrected chi connectivity index (χ3v) is 4.27. The number of para-hydroxylation sites is 1. The number of rotatable bonds is 3. The number of benzene rings is 1. The predicted molar refractivity (Wildman–Crippen MR) is 98.7 cm³/mol. The second-order valence-corrected chi connectivity index (χ2v) is 7.55. The van der Waals surface area contributed by atoms with Crippen molar-refractivity contribution in [1.29, 1.82) is 0 Å². The summed E-state index contributed by atoms with van der Waals surface area (Å²) in [6, 6.07) is 6.22. The maximum atomic E-state index is 5.40. The van der Waals surface area contributed by atoms with E-state index in [0.29, 0.717) is 11.0 Å². The standard InChI is InChI=1S/C18H27N3S/c1-12-9-15(11-18(4,5)10-12)20-21-17(22)19-16-13(2)7-6-8-14(16)3/h6-8,11-12,20H,9-10H2,1-5H3,(H2,19,21,22)/t12-/m1/s1. The molecule has 0 amide bonds. The average Bonchev–Trinajstić information content (AvgIpc) is 2.38. The molecule has 0 fully saturated rings.